The molecule has 1 fully saturated rings. The van der Waals surface area contributed by atoms with Gasteiger partial charge in [0.2, 0.25) is 0 Å². The number of aryl methyl sites for hydroxylation is 1. The highest BCUT2D eigenvalue weighted by molar-refractivity contribution is 9.10. The number of nitrogens with zero attached hydrogens (tertiary/aromatic N) is 2. The Morgan fingerprint density at radius 1 is 0.769 bits per heavy atom. The number of benzene rings is 3. The van der Waals surface area contributed by atoms with Gasteiger partial charge in [-0.15, -0.1) is 0 Å². The van der Waals surface area contributed by atoms with Crippen molar-refractivity contribution >= 4 is 21.6 Å². The van der Waals surface area contributed by atoms with Crippen LogP contribution in [-0.4, -0.2) is 16.7 Å². The van der Waals surface area contributed by atoms with Gasteiger partial charge in [-0.25, -0.2) is 0 Å². The van der Waals surface area contributed by atoms with E-state index < -0.39 is 0 Å². The number of hydrogen-bond donors (Lipinski definition) is 0. The van der Waals surface area contributed by atoms with Crippen LogP contribution in [-0.2, 0) is 0 Å². The molecule has 2 heterocycles. The Hall–Kier alpha value is -2.23. The van der Waals surface area contributed by atoms with Crippen LogP contribution in [0.1, 0.15) is 34.5 Å². The Bertz CT molecular complexity index is 961. The van der Waals surface area contributed by atoms with Crippen molar-refractivity contribution in [1.29, 1.82) is 0 Å². The lowest BCUT2D eigenvalue weighted by Crippen LogP contribution is -2.08. The van der Waals surface area contributed by atoms with E-state index in [1.54, 1.807) is 0 Å². The lowest BCUT2D eigenvalue weighted by Gasteiger charge is -2.14. The maximum Gasteiger partial charge on any atom is 0.129 e. The van der Waals surface area contributed by atoms with Gasteiger partial charge in [-0.1, -0.05) is 88.2 Å². The van der Waals surface area contributed by atoms with Crippen LogP contribution in [0.15, 0.2) is 88.3 Å². The highest BCUT2D eigenvalue weighted by Gasteiger charge is 2.59. The summed E-state index contributed by atoms with van der Waals surface area (Å²) in [4.78, 5) is 7.64. The Balaban J connectivity index is 1.56. The van der Waals surface area contributed by atoms with Crippen LogP contribution in [0.4, 0.5) is 0 Å². The van der Waals surface area contributed by atoms with Gasteiger partial charge in [-0.2, -0.15) is 0 Å². The molecule has 2 aliphatic rings. The topological polar surface area (TPSA) is 15.4 Å². The zero-order valence-corrected chi connectivity index (χ0v) is 16.1. The lowest BCUT2D eigenvalue weighted by atomic mass is 10.0. The SMILES string of the molecule is Cc1ccc(C2=N[C@H](c3ccc(Br)cc3)N3[C@H](c4ccccc4)[C@H]23)cc1. The molecule has 0 aromatic heterocycles. The van der Waals surface area contributed by atoms with Crippen molar-refractivity contribution in [2.24, 2.45) is 4.99 Å². The van der Waals surface area contributed by atoms with Crippen molar-refractivity contribution in [3.05, 3.63) is 106 Å². The summed E-state index contributed by atoms with van der Waals surface area (Å²) >= 11 is 3.53. The fraction of sp³-hybridized carbons (Fsp3) is 0.174. The Morgan fingerprint density at radius 3 is 2.15 bits per heavy atom. The molecule has 3 aromatic rings. The van der Waals surface area contributed by atoms with E-state index in [0.29, 0.717) is 12.1 Å². The summed E-state index contributed by atoms with van der Waals surface area (Å²) in [5.74, 6) is 0. The molecule has 4 atom stereocenters. The highest BCUT2D eigenvalue weighted by Crippen LogP contribution is 2.55. The van der Waals surface area contributed by atoms with E-state index in [4.69, 9.17) is 4.99 Å². The Labute approximate surface area is 162 Å². The van der Waals surface area contributed by atoms with E-state index in [1.165, 1.54) is 28.0 Å². The molecule has 1 unspecified atom stereocenters. The maximum atomic E-state index is 5.12. The normalized spacial score (nSPS) is 26.3. The van der Waals surface area contributed by atoms with E-state index in [0.717, 1.165) is 4.47 Å². The summed E-state index contributed by atoms with van der Waals surface area (Å²) < 4.78 is 1.10. The molecule has 2 nitrogen and oxygen atoms in total. The molecule has 5 rings (SSSR count). The summed E-state index contributed by atoms with van der Waals surface area (Å²) in [6, 6.07) is 28.9. The molecular formula is C23H19BrN2. The number of fused-ring (bicyclic) bond motifs is 1. The van der Waals surface area contributed by atoms with Crippen molar-refractivity contribution < 1.29 is 0 Å². The molecule has 3 aromatic carbocycles. The van der Waals surface area contributed by atoms with Gasteiger partial charge in [0.25, 0.3) is 0 Å². The monoisotopic (exact) mass is 402 g/mol. The molecule has 0 aliphatic carbocycles. The molecular weight excluding hydrogens is 384 g/mol. The average Bonchev–Trinajstić information content (AvgIpc) is 3.29. The molecule has 1 saturated heterocycles. The quantitative estimate of drug-likeness (QED) is 0.514. The van der Waals surface area contributed by atoms with Gasteiger partial charge in [0.1, 0.15) is 6.17 Å². The third-order valence-electron chi connectivity index (χ3n) is 5.33. The molecule has 0 radical (unpaired) electrons. The largest absolute Gasteiger partial charge is 0.263 e. The third-order valence-corrected chi connectivity index (χ3v) is 5.86. The first-order valence-corrected chi connectivity index (χ1v) is 9.74. The van der Waals surface area contributed by atoms with Gasteiger partial charge in [0.15, 0.2) is 0 Å². The summed E-state index contributed by atoms with van der Waals surface area (Å²) in [6.45, 7) is 2.13. The number of aliphatic imine (C=N–C) groups is 1. The second-order valence-corrected chi connectivity index (χ2v) is 7.97. The number of rotatable bonds is 3. The zero-order valence-electron chi connectivity index (χ0n) is 14.5. The molecule has 0 N–H and O–H groups in total. The van der Waals surface area contributed by atoms with Crippen LogP contribution < -0.4 is 0 Å². The van der Waals surface area contributed by atoms with Crippen LogP contribution in [0.2, 0.25) is 0 Å². The van der Waals surface area contributed by atoms with Crippen molar-refractivity contribution in [1.82, 2.24) is 4.90 Å². The second-order valence-electron chi connectivity index (χ2n) is 7.05. The van der Waals surface area contributed by atoms with Crippen molar-refractivity contribution in [2.75, 3.05) is 0 Å². The zero-order chi connectivity index (χ0) is 17.7. The van der Waals surface area contributed by atoms with Crippen LogP contribution in [0, 0.1) is 6.92 Å². The minimum Gasteiger partial charge on any atom is -0.263 e. The van der Waals surface area contributed by atoms with Crippen LogP contribution in [0.3, 0.4) is 0 Å². The van der Waals surface area contributed by atoms with E-state index in [2.05, 4.69) is 107 Å². The van der Waals surface area contributed by atoms with Gasteiger partial charge < -0.3 is 0 Å². The van der Waals surface area contributed by atoms with Crippen LogP contribution >= 0.6 is 15.9 Å². The van der Waals surface area contributed by atoms with E-state index in [1.807, 2.05) is 0 Å². The van der Waals surface area contributed by atoms with E-state index in [9.17, 15) is 0 Å². The van der Waals surface area contributed by atoms with Crippen molar-refractivity contribution in [2.45, 2.75) is 25.2 Å². The average molecular weight is 403 g/mol. The molecule has 3 heteroatoms. The second kappa shape index (κ2) is 6.19. The maximum absolute atomic E-state index is 5.12. The Kier molecular flexibility index (Phi) is 3.80. The predicted molar refractivity (Wildman–Crippen MR) is 109 cm³/mol. The minimum absolute atomic E-state index is 0.0922. The summed E-state index contributed by atoms with van der Waals surface area (Å²) in [5.41, 5.74) is 6.36. The van der Waals surface area contributed by atoms with Gasteiger partial charge in [0, 0.05) is 4.47 Å². The standard InChI is InChI=1S/C23H19BrN2/c1-15-7-9-16(10-8-15)20-22-21(17-5-3-2-4-6-17)26(22)23(25-20)18-11-13-19(24)14-12-18/h2-14,21-23H,1H3/t21-,22+,23+,26?/m1/s1. The van der Waals surface area contributed by atoms with E-state index >= 15 is 0 Å². The molecule has 2 aliphatic heterocycles. The first-order chi connectivity index (χ1) is 12.7. The first-order valence-electron chi connectivity index (χ1n) is 8.95. The lowest BCUT2D eigenvalue weighted by molar-refractivity contribution is 0.404. The number of halogens is 1. The van der Waals surface area contributed by atoms with Crippen LogP contribution in [0.5, 0.6) is 0 Å². The third kappa shape index (κ3) is 2.63. The predicted octanol–water partition coefficient (Wildman–Crippen LogP) is 5.68. The smallest absolute Gasteiger partial charge is 0.129 e. The van der Waals surface area contributed by atoms with E-state index in [-0.39, 0.29) is 6.17 Å². The molecule has 0 spiro atoms. The van der Waals surface area contributed by atoms with Crippen LogP contribution in [0.25, 0.3) is 0 Å². The molecule has 128 valence electrons. The Morgan fingerprint density at radius 2 is 1.46 bits per heavy atom. The highest BCUT2D eigenvalue weighted by atomic mass is 79.9. The first kappa shape index (κ1) is 16.0. The number of hydrogen-bond acceptors (Lipinski definition) is 2. The minimum atomic E-state index is 0.0922. The fourth-order valence-electron chi connectivity index (χ4n) is 3.97. The summed E-state index contributed by atoms with van der Waals surface area (Å²) in [6.07, 6.45) is 0.0922. The molecule has 26 heavy (non-hydrogen) atoms. The summed E-state index contributed by atoms with van der Waals surface area (Å²) in [7, 11) is 0. The molecule has 0 bridgehead atoms. The van der Waals surface area contributed by atoms with Crippen molar-refractivity contribution in [3.8, 4) is 0 Å². The molecule has 0 amide bonds. The molecule has 0 saturated carbocycles. The van der Waals surface area contributed by atoms with Crippen molar-refractivity contribution in [3.63, 3.8) is 0 Å². The van der Waals surface area contributed by atoms with Gasteiger partial charge in [0.05, 0.1) is 17.8 Å². The van der Waals surface area contributed by atoms with Gasteiger partial charge in [-0.05, 0) is 35.7 Å². The van der Waals surface area contributed by atoms with Gasteiger partial charge in [-0.3, -0.25) is 9.89 Å². The summed E-state index contributed by atoms with van der Waals surface area (Å²) in [5, 5.41) is 0. The van der Waals surface area contributed by atoms with Gasteiger partial charge >= 0.3 is 0 Å². The fourth-order valence-corrected chi connectivity index (χ4v) is 4.24.